The molecule has 0 fully saturated rings. The SMILES string of the molecule is COc1cc(C)c(C(Cl)c2ccc(Br)cc2)cc1OC. The summed E-state index contributed by atoms with van der Waals surface area (Å²) in [6, 6.07) is 11.9. The highest BCUT2D eigenvalue weighted by atomic mass is 79.9. The highest BCUT2D eigenvalue weighted by Gasteiger charge is 2.17. The van der Waals surface area contributed by atoms with E-state index in [-0.39, 0.29) is 5.38 Å². The van der Waals surface area contributed by atoms with Crippen LogP contribution in [0.3, 0.4) is 0 Å². The van der Waals surface area contributed by atoms with Crippen LogP contribution < -0.4 is 9.47 Å². The Balaban J connectivity index is 2.43. The molecule has 1 unspecified atom stereocenters. The molecule has 0 aliphatic heterocycles. The van der Waals surface area contributed by atoms with Crippen molar-refractivity contribution in [1.29, 1.82) is 0 Å². The minimum Gasteiger partial charge on any atom is -0.493 e. The average Bonchev–Trinajstić information content (AvgIpc) is 2.47. The molecule has 0 saturated heterocycles. The molecule has 0 amide bonds. The Bertz CT molecular complexity index is 596. The van der Waals surface area contributed by atoms with Crippen LogP contribution in [0.2, 0.25) is 0 Å². The summed E-state index contributed by atoms with van der Waals surface area (Å²) in [5, 5.41) is -0.220. The Hall–Kier alpha value is -1.19. The van der Waals surface area contributed by atoms with Crippen LogP contribution in [0.15, 0.2) is 40.9 Å². The highest BCUT2D eigenvalue weighted by molar-refractivity contribution is 9.10. The molecule has 106 valence electrons. The summed E-state index contributed by atoms with van der Waals surface area (Å²) in [5.41, 5.74) is 3.14. The van der Waals surface area contributed by atoms with Gasteiger partial charge in [0.2, 0.25) is 0 Å². The van der Waals surface area contributed by atoms with Crippen LogP contribution >= 0.6 is 27.5 Å². The number of hydrogen-bond donors (Lipinski definition) is 0. The monoisotopic (exact) mass is 354 g/mol. The van der Waals surface area contributed by atoms with Crippen molar-refractivity contribution in [3.63, 3.8) is 0 Å². The van der Waals surface area contributed by atoms with Crippen LogP contribution in [0, 0.1) is 6.92 Å². The van der Waals surface area contributed by atoms with Gasteiger partial charge in [-0.05, 0) is 47.9 Å². The third-order valence-electron chi connectivity index (χ3n) is 3.21. The molecule has 4 heteroatoms. The maximum absolute atomic E-state index is 6.60. The smallest absolute Gasteiger partial charge is 0.161 e. The van der Waals surface area contributed by atoms with Gasteiger partial charge in [0.05, 0.1) is 19.6 Å². The van der Waals surface area contributed by atoms with E-state index in [4.69, 9.17) is 21.1 Å². The fraction of sp³-hybridized carbons (Fsp3) is 0.250. The molecule has 2 aromatic carbocycles. The lowest BCUT2D eigenvalue weighted by Gasteiger charge is -2.17. The van der Waals surface area contributed by atoms with Crippen LogP contribution in [-0.2, 0) is 0 Å². The molecule has 2 aromatic rings. The molecular formula is C16H16BrClO2. The van der Waals surface area contributed by atoms with Crippen LogP contribution in [0.4, 0.5) is 0 Å². The Morgan fingerprint density at radius 3 is 2.10 bits per heavy atom. The largest absolute Gasteiger partial charge is 0.493 e. The van der Waals surface area contributed by atoms with Gasteiger partial charge in [0.15, 0.2) is 11.5 Å². The van der Waals surface area contributed by atoms with Gasteiger partial charge < -0.3 is 9.47 Å². The zero-order valence-corrected chi connectivity index (χ0v) is 14.0. The Labute approximate surface area is 132 Å². The van der Waals surface area contributed by atoms with E-state index in [9.17, 15) is 0 Å². The molecule has 0 spiro atoms. The van der Waals surface area contributed by atoms with Gasteiger partial charge in [0, 0.05) is 4.47 Å². The number of rotatable bonds is 4. The fourth-order valence-electron chi connectivity index (χ4n) is 2.08. The Kier molecular flexibility index (Phi) is 4.95. The maximum atomic E-state index is 6.60. The minimum atomic E-state index is -0.220. The van der Waals surface area contributed by atoms with E-state index in [0.717, 1.165) is 21.2 Å². The fourth-order valence-corrected chi connectivity index (χ4v) is 2.73. The standard InChI is InChI=1S/C16H16BrClO2/c1-10-8-14(19-2)15(20-3)9-13(10)16(18)11-4-6-12(17)7-5-11/h4-9,16H,1-3H3. The summed E-state index contributed by atoms with van der Waals surface area (Å²) in [5.74, 6) is 1.41. The quantitative estimate of drug-likeness (QED) is 0.710. The molecule has 0 N–H and O–H groups in total. The normalized spacial score (nSPS) is 12.1. The van der Waals surface area contributed by atoms with Gasteiger partial charge in [-0.25, -0.2) is 0 Å². The first kappa shape index (κ1) is 15.2. The predicted molar refractivity (Wildman–Crippen MR) is 86.1 cm³/mol. The molecule has 0 saturated carbocycles. The number of benzene rings is 2. The van der Waals surface area contributed by atoms with E-state index >= 15 is 0 Å². The van der Waals surface area contributed by atoms with Crippen molar-refractivity contribution in [3.05, 3.63) is 57.6 Å². The highest BCUT2D eigenvalue weighted by Crippen LogP contribution is 2.38. The second-order valence-electron chi connectivity index (χ2n) is 4.48. The second kappa shape index (κ2) is 6.51. The molecule has 20 heavy (non-hydrogen) atoms. The Morgan fingerprint density at radius 1 is 1.00 bits per heavy atom. The van der Waals surface area contributed by atoms with Crippen molar-refractivity contribution in [2.24, 2.45) is 0 Å². The van der Waals surface area contributed by atoms with Crippen molar-refractivity contribution in [1.82, 2.24) is 0 Å². The van der Waals surface area contributed by atoms with Gasteiger partial charge in [-0.1, -0.05) is 28.1 Å². The van der Waals surface area contributed by atoms with Crippen LogP contribution in [0.1, 0.15) is 22.1 Å². The lowest BCUT2D eigenvalue weighted by Crippen LogP contribution is -1.99. The van der Waals surface area contributed by atoms with Gasteiger partial charge in [0.1, 0.15) is 0 Å². The van der Waals surface area contributed by atoms with Crippen molar-refractivity contribution in [2.45, 2.75) is 12.3 Å². The first-order chi connectivity index (χ1) is 9.56. The number of halogens is 2. The van der Waals surface area contributed by atoms with E-state index < -0.39 is 0 Å². The number of methoxy groups -OCH3 is 2. The predicted octanol–water partition coefficient (Wildman–Crippen LogP) is 5.10. The number of ether oxygens (including phenoxy) is 2. The molecule has 0 radical (unpaired) electrons. The lowest BCUT2D eigenvalue weighted by molar-refractivity contribution is 0.354. The molecule has 1 atom stereocenters. The van der Waals surface area contributed by atoms with Gasteiger partial charge >= 0.3 is 0 Å². The summed E-state index contributed by atoms with van der Waals surface area (Å²) in [6.07, 6.45) is 0. The van der Waals surface area contributed by atoms with Crippen molar-refractivity contribution in [2.75, 3.05) is 14.2 Å². The van der Waals surface area contributed by atoms with E-state index in [1.54, 1.807) is 14.2 Å². The lowest BCUT2D eigenvalue weighted by atomic mass is 9.99. The first-order valence-electron chi connectivity index (χ1n) is 6.19. The van der Waals surface area contributed by atoms with Gasteiger partial charge in [-0.3, -0.25) is 0 Å². The molecule has 2 nitrogen and oxygen atoms in total. The minimum absolute atomic E-state index is 0.220. The third-order valence-corrected chi connectivity index (χ3v) is 4.22. The summed E-state index contributed by atoms with van der Waals surface area (Å²) in [7, 11) is 3.25. The van der Waals surface area contributed by atoms with Crippen molar-refractivity contribution >= 4 is 27.5 Å². The van der Waals surface area contributed by atoms with E-state index in [1.807, 2.05) is 43.3 Å². The zero-order valence-electron chi connectivity index (χ0n) is 11.6. The van der Waals surface area contributed by atoms with Gasteiger partial charge in [0.25, 0.3) is 0 Å². The summed E-state index contributed by atoms with van der Waals surface area (Å²) in [6.45, 7) is 2.02. The molecule has 0 bridgehead atoms. The third kappa shape index (κ3) is 3.10. The molecule has 0 heterocycles. The zero-order chi connectivity index (χ0) is 14.7. The topological polar surface area (TPSA) is 18.5 Å². The molecule has 2 rings (SSSR count). The van der Waals surface area contributed by atoms with E-state index in [0.29, 0.717) is 11.5 Å². The van der Waals surface area contributed by atoms with Crippen molar-refractivity contribution < 1.29 is 9.47 Å². The van der Waals surface area contributed by atoms with E-state index in [2.05, 4.69) is 15.9 Å². The van der Waals surface area contributed by atoms with Gasteiger partial charge in [-0.15, -0.1) is 11.6 Å². The first-order valence-corrected chi connectivity index (χ1v) is 7.41. The second-order valence-corrected chi connectivity index (χ2v) is 5.83. The molecule has 0 aliphatic carbocycles. The molecule has 0 aliphatic rings. The van der Waals surface area contributed by atoms with Crippen LogP contribution in [-0.4, -0.2) is 14.2 Å². The number of hydrogen-bond acceptors (Lipinski definition) is 2. The average molecular weight is 356 g/mol. The summed E-state index contributed by atoms with van der Waals surface area (Å²) >= 11 is 10.0. The van der Waals surface area contributed by atoms with Crippen LogP contribution in [0.5, 0.6) is 11.5 Å². The van der Waals surface area contributed by atoms with Crippen LogP contribution in [0.25, 0.3) is 0 Å². The molecule has 0 aromatic heterocycles. The summed E-state index contributed by atoms with van der Waals surface area (Å²) < 4.78 is 11.7. The maximum Gasteiger partial charge on any atom is 0.161 e. The Morgan fingerprint density at radius 2 is 1.55 bits per heavy atom. The number of aryl methyl sites for hydroxylation is 1. The van der Waals surface area contributed by atoms with E-state index in [1.165, 1.54) is 0 Å². The van der Waals surface area contributed by atoms with Crippen molar-refractivity contribution in [3.8, 4) is 11.5 Å². The number of alkyl halides is 1. The van der Waals surface area contributed by atoms with Gasteiger partial charge in [-0.2, -0.15) is 0 Å². The molecular weight excluding hydrogens is 340 g/mol. The summed E-state index contributed by atoms with van der Waals surface area (Å²) in [4.78, 5) is 0.